The molecule has 7 nitrogen and oxygen atoms in total. The van der Waals surface area contributed by atoms with Gasteiger partial charge in [-0.15, -0.1) is 0 Å². The standard InChI is InChI=1S/C18H20N2O5/c1-22-16-9-10-19-18(20-16)24-12-15-14(7-8-17(21)25-15)23-11-13-5-3-2-4-6-13/h2-10,14-15,17,21H,11-12H2,1H3/t14-,15+,17?/m0/s1. The third kappa shape index (κ3) is 4.99. The van der Waals surface area contributed by atoms with Crippen molar-refractivity contribution in [3.63, 3.8) is 0 Å². The van der Waals surface area contributed by atoms with E-state index in [2.05, 4.69) is 9.97 Å². The van der Waals surface area contributed by atoms with E-state index in [1.807, 2.05) is 30.3 Å². The predicted octanol–water partition coefficient (Wildman–Crippen LogP) is 1.72. The summed E-state index contributed by atoms with van der Waals surface area (Å²) in [5, 5.41) is 9.69. The first kappa shape index (κ1) is 17.3. The van der Waals surface area contributed by atoms with Crippen molar-refractivity contribution in [1.82, 2.24) is 9.97 Å². The molecule has 2 heterocycles. The molecule has 1 unspecified atom stereocenters. The maximum Gasteiger partial charge on any atom is 0.319 e. The van der Waals surface area contributed by atoms with Crippen LogP contribution in [0.2, 0.25) is 0 Å². The zero-order valence-corrected chi connectivity index (χ0v) is 13.8. The SMILES string of the molecule is COc1ccnc(OC[C@H]2OC(O)C=C[C@@H]2OCc2ccccc2)n1. The first-order chi connectivity index (χ1) is 12.2. The summed E-state index contributed by atoms with van der Waals surface area (Å²) < 4.78 is 22.0. The molecule has 3 rings (SSSR count). The zero-order valence-electron chi connectivity index (χ0n) is 13.8. The molecule has 0 fully saturated rings. The van der Waals surface area contributed by atoms with Gasteiger partial charge in [-0.05, 0) is 11.6 Å². The summed E-state index contributed by atoms with van der Waals surface area (Å²) in [4.78, 5) is 8.10. The molecule has 132 valence electrons. The monoisotopic (exact) mass is 344 g/mol. The lowest BCUT2D eigenvalue weighted by Crippen LogP contribution is -2.41. The van der Waals surface area contributed by atoms with E-state index in [1.165, 1.54) is 7.11 Å². The number of benzene rings is 1. The number of aromatic nitrogens is 2. The fourth-order valence-corrected chi connectivity index (χ4v) is 2.36. The third-order valence-electron chi connectivity index (χ3n) is 3.63. The molecule has 7 heteroatoms. The smallest absolute Gasteiger partial charge is 0.319 e. The van der Waals surface area contributed by atoms with Crippen LogP contribution in [-0.2, 0) is 16.1 Å². The number of aliphatic hydroxyl groups is 1. The number of hydrogen-bond donors (Lipinski definition) is 1. The van der Waals surface area contributed by atoms with E-state index in [1.54, 1.807) is 24.4 Å². The molecular formula is C18H20N2O5. The quantitative estimate of drug-likeness (QED) is 0.766. The van der Waals surface area contributed by atoms with Crippen molar-refractivity contribution in [2.75, 3.05) is 13.7 Å². The van der Waals surface area contributed by atoms with E-state index in [-0.39, 0.29) is 18.7 Å². The summed E-state index contributed by atoms with van der Waals surface area (Å²) in [6.07, 6.45) is 3.04. The van der Waals surface area contributed by atoms with Crippen LogP contribution in [0, 0.1) is 0 Å². The minimum absolute atomic E-state index is 0.133. The van der Waals surface area contributed by atoms with Gasteiger partial charge in [-0.2, -0.15) is 4.98 Å². The minimum atomic E-state index is -0.989. The van der Waals surface area contributed by atoms with Crippen LogP contribution >= 0.6 is 0 Å². The molecule has 0 saturated carbocycles. The lowest BCUT2D eigenvalue weighted by molar-refractivity contribution is -0.165. The van der Waals surface area contributed by atoms with Gasteiger partial charge in [-0.3, -0.25) is 0 Å². The van der Waals surface area contributed by atoms with Crippen LogP contribution in [0.1, 0.15) is 5.56 Å². The molecule has 1 aromatic carbocycles. The topological polar surface area (TPSA) is 82.9 Å². The Labute approximate surface area is 145 Å². The highest BCUT2D eigenvalue weighted by Gasteiger charge is 2.28. The Morgan fingerprint density at radius 1 is 1.16 bits per heavy atom. The van der Waals surface area contributed by atoms with Gasteiger partial charge in [0.15, 0.2) is 6.29 Å². The molecule has 1 N–H and O–H groups in total. The van der Waals surface area contributed by atoms with E-state index < -0.39 is 12.4 Å². The lowest BCUT2D eigenvalue weighted by Gasteiger charge is -2.30. The van der Waals surface area contributed by atoms with E-state index in [0.717, 1.165) is 5.56 Å². The van der Waals surface area contributed by atoms with Crippen molar-refractivity contribution in [2.24, 2.45) is 0 Å². The second kappa shape index (κ2) is 8.57. The number of methoxy groups -OCH3 is 1. The number of ether oxygens (including phenoxy) is 4. The predicted molar refractivity (Wildman–Crippen MR) is 89.1 cm³/mol. The molecule has 1 aliphatic rings. The summed E-state index contributed by atoms with van der Waals surface area (Å²) >= 11 is 0. The second-order valence-corrected chi connectivity index (χ2v) is 5.40. The van der Waals surface area contributed by atoms with Crippen LogP contribution in [0.15, 0.2) is 54.7 Å². The molecule has 0 spiro atoms. The maximum absolute atomic E-state index is 9.69. The van der Waals surface area contributed by atoms with E-state index in [9.17, 15) is 5.11 Å². The molecule has 0 radical (unpaired) electrons. The van der Waals surface area contributed by atoms with E-state index in [4.69, 9.17) is 18.9 Å². The van der Waals surface area contributed by atoms with Crippen LogP contribution in [-0.4, -0.2) is 47.3 Å². The molecule has 1 aliphatic heterocycles. The molecule has 1 aromatic heterocycles. The lowest BCUT2D eigenvalue weighted by atomic mass is 10.1. The fourth-order valence-electron chi connectivity index (χ4n) is 2.36. The van der Waals surface area contributed by atoms with Crippen LogP contribution in [0.4, 0.5) is 0 Å². The Morgan fingerprint density at radius 2 is 2.00 bits per heavy atom. The highest BCUT2D eigenvalue weighted by molar-refractivity contribution is 5.14. The van der Waals surface area contributed by atoms with Crippen molar-refractivity contribution in [3.05, 3.63) is 60.3 Å². The van der Waals surface area contributed by atoms with Crippen molar-refractivity contribution < 1.29 is 24.1 Å². The van der Waals surface area contributed by atoms with Crippen LogP contribution in [0.3, 0.4) is 0 Å². The summed E-state index contributed by atoms with van der Waals surface area (Å²) in [5.74, 6) is 0.409. The molecule has 0 aliphatic carbocycles. The zero-order chi connectivity index (χ0) is 17.5. The van der Waals surface area contributed by atoms with Gasteiger partial charge in [-0.25, -0.2) is 4.98 Å². The van der Waals surface area contributed by atoms with Gasteiger partial charge in [0.1, 0.15) is 18.8 Å². The van der Waals surface area contributed by atoms with Gasteiger partial charge >= 0.3 is 6.01 Å². The van der Waals surface area contributed by atoms with Gasteiger partial charge < -0.3 is 24.1 Å². The molecule has 0 saturated heterocycles. The van der Waals surface area contributed by atoms with Crippen molar-refractivity contribution in [2.45, 2.75) is 25.1 Å². The Balaban J connectivity index is 1.59. The Kier molecular flexibility index (Phi) is 5.95. The average molecular weight is 344 g/mol. The molecular weight excluding hydrogens is 324 g/mol. The first-order valence-electron chi connectivity index (χ1n) is 7.92. The highest BCUT2D eigenvalue weighted by Crippen LogP contribution is 2.18. The first-order valence-corrected chi connectivity index (χ1v) is 7.92. The Hall–Kier alpha value is -2.48. The van der Waals surface area contributed by atoms with Crippen molar-refractivity contribution in [3.8, 4) is 11.9 Å². The van der Waals surface area contributed by atoms with Crippen molar-refractivity contribution in [1.29, 1.82) is 0 Å². The summed E-state index contributed by atoms with van der Waals surface area (Å²) in [7, 11) is 1.52. The fraction of sp³-hybridized carbons (Fsp3) is 0.333. The Morgan fingerprint density at radius 3 is 2.80 bits per heavy atom. The molecule has 25 heavy (non-hydrogen) atoms. The molecule has 0 amide bonds. The van der Waals surface area contributed by atoms with Gasteiger partial charge in [0.25, 0.3) is 0 Å². The number of aliphatic hydroxyl groups excluding tert-OH is 1. The van der Waals surface area contributed by atoms with Gasteiger partial charge in [0, 0.05) is 12.3 Å². The van der Waals surface area contributed by atoms with Crippen LogP contribution < -0.4 is 9.47 Å². The van der Waals surface area contributed by atoms with Gasteiger partial charge in [0.2, 0.25) is 5.88 Å². The number of nitrogens with zero attached hydrogens (tertiary/aromatic N) is 2. The Bertz CT molecular complexity index is 695. The van der Waals surface area contributed by atoms with E-state index in [0.29, 0.717) is 12.5 Å². The number of hydrogen-bond acceptors (Lipinski definition) is 7. The third-order valence-corrected chi connectivity index (χ3v) is 3.63. The summed E-state index contributed by atoms with van der Waals surface area (Å²) in [6, 6.07) is 11.6. The van der Waals surface area contributed by atoms with Crippen molar-refractivity contribution >= 4 is 0 Å². The van der Waals surface area contributed by atoms with E-state index >= 15 is 0 Å². The highest BCUT2D eigenvalue weighted by atomic mass is 16.6. The van der Waals surface area contributed by atoms with Gasteiger partial charge in [0.05, 0.1) is 13.7 Å². The summed E-state index contributed by atoms with van der Waals surface area (Å²) in [5.41, 5.74) is 1.05. The normalized spacial score (nSPS) is 22.6. The average Bonchev–Trinajstić information content (AvgIpc) is 2.66. The van der Waals surface area contributed by atoms with Crippen LogP contribution in [0.5, 0.6) is 11.9 Å². The second-order valence-electron chi connectivity index (χ2n) is 5.40. The molecule has 0 bridgehead atoms. The van der Waals surface area contributed by atoms with Gasteiger partial charge in [-0.1, -0.05) is 36.4 Å². The molecule has 3 atom stereocenters. The number of rotatable bonds is 7. The molecule has 2 aromatic rings. The summed E-state index contributed by atoms with van der Waals surface area (Å²) in [6.45, 7) is 0.565. The van der Waals surface area contributed by atoms with Crippen LogP contribution in [0.25, 0.3) is 0 Å². The largest absolute Gasteiger partial charge is 0.481 e. The maximum atomic E-state index is 9.69. The minimum Gasteiger partial charge on any atom is -0.481 e.